The van der Waals surface area contributed by atoms with Gasteiger partial charge in [-0.15, -0.1) is 0 Å². The number of carbonyl (C=O) groups is 2. The summed E-state index contributed by atoms with van der Waals surface area (Å²) in [5, 5.41) is 11.5. The van der Waals surface area contributed by atoms with E-state index in [1.807, 2.05) is 0 Å². The molecule has 0 unspecified atom stereocenters. The predicted molar refractivity (Wildman–Crippen MR) is 105 cm³/mol. The van der Waals surface area contributed by atoms with Crippen LogP contribution in [-0.2, 0) is 15.8 Å². The van der Waals surface area contributed by atoms with E-state index >= 15 is 0 Å². The van der Waals surface area contributed by atoms with Crippen LogP contribution in [0.4, 0.5) is 24.8 Å². The van der Waals surface area contributed by atoms with Crippen LogP contribution < -0.4 is 26.3 Å². The SMILES string of the molecule is CCOc1nc(N)nc(OC(=O)CC[C@H](N)C(=O)Nc2cccc(C(F)(F)F)c2)c1C#N. The molecule has 0 aliphatic heterocycles. The molecular formula is C19H19F3N6O4. The van der Waals surface area contributed by atoms with E-state index in [4.69, 9.17) is 20.9 Å². The molecule has 0 spiro atoms. The Morgan fingerprint density at radius 3 is 2.59 bits per heavy atom. The highest BCUT2D eigenvalue weighted by molar-refractivity contribution is 5.95. The minimum atomic E-state index is -4.57. The lowest BCUT2D eigenvalue weighted by Crippen LogP contribution is -2.36. The number of aromatic nitrogens is 2. The Morgan fingerprint density at radius 2 is 1.97 bits per heavy atom. The quantitative estimate of drug-likeness (QED) is 0.508. The first-order valence-corrected chi connectivity index (χ1v) is 9.20. The topological polar surface area (TPSA) is 166 Å². The van der Waals surface area contributed by atoms with Crippen LogP contribution in [-0.4, -0.2) is 34.5 Å². The van der Waals surface area contributed by atoms with Crippen LogP contribution in [0, 0.1) is 11.3 Å². The van der Waals surface area contributed by atoms with E-state index in [0.717, 1.165) is 18.2 Å². The van der Waals surface area contributed by atoms with Crippen molar-refractivity contribution in [1.82, 2.24) is 9.97 Å². The fraction of sp³-hybridized carbons (Fsp3) is 0.316. The first kappa shape index (κ1) is 24.4. The van der Waals surface area contributed by atoms with Crippen LogP contribution in [0.2, 0.25) is 0 Å². The van der Waals surface area contributed by atoms with E-state index in [9.17, 15) is 28.0 Å². The van der Waals surface area contributed by atoms with Crippen molar-refractivity contribution in [3.05, 3.63) is 35.4 Å². The Bertz CT molecular complexity index is 1040. The summed E-state index contributed by atoms with van der Waals surface area (Å²) in [7, 11) is 0. The molecular weight excluding hydrogens is 433 g/mol. The van der Waals surface area contributed by atoms with Gasteiger partial charge >= 0.3 is 12.1 Å². The zero-order valence-corrected chi connectivity index (χ0v) is 16.8. The van der Waals surface area contributed by atoms with Crippen molar-refractivity contribution in [2.75, 3.05) is 17.7 Å². The number of anilines is 2. The van der Waals surface area contributed by atoms with Crippen LogP contribution in [0.1, 0.15) is 30.9 Å². The summed E-state index contributed by atoms with van der Waals surface area (Å²) < 4.78 is 48.5. The minimum Gasteiger partial charge on any atom is -0.477 e. The Hall–Kier alpha value is -3.92. The zero-order valence-electron chi connectivity index (χ0n) is 16.8. The molecule has 2 rings (SSSR count). The maximum atomic E-state index is 12.8. The second-order valence-electron chi connectivity index (χ2n) is 6.30. The predicted octanol–water partition coefficient (Wildman–Crippen LogP) is 2.00. The van der Waals surface area contributed by atoms with Gasteiger partial charge in [0.1, 0.15) is 6.07 Å². The molecule has 0 fully saturated rings. The van der Waals surface area contributed by atoms with Gasteiger partial charge in [-0.3, -0.25) is 9.59 Å². The summed E-state index contributed by atoms with van der Waals surface area (Å²) in [6, 6.07) is 4.56. The van der Waals surface area contributed by atoms with Crippen molar-refractivity contribution in [2.24, 2.45) is 5.73 Å². The van der Waals surface area contributed by atoms with Gasteiger partial charge in [0, 0.05) is 12.1 Å². The second kappa shape index (κ2) is 10.4. The smallest absolute Gasteiger partial charge is 0.416 e. The molecule has 2 aromatic rings. The van der Waals surface area contributed by atoms with Gasteiger partial charge in [-0.05, 0) is 31.5 Å². The van der Waals surface area contributed by atoms with Gasteiger partial charge in [-0.2, -0.15) is 28.4 Å². The number of nitrogen functional groups attached to an aromatic ring is 1. The normalized spacial score (nSPS) is 11.9. The number of alkyl halides is 3. The summed E-state index contributed by atoms with van der Waals surface area (Å²) in [6.45, 7) is 1.82. The highest BCUT2D eigenvalue weighted by Gasteiger charge is 2.30. The first-order chi connectivity index (χ1) is 15.0. The standard InChI is InChI=1S/C19H19F3N6O4/c1-2-31-16-12(9-23)17(28-18(25)27-16)32-14(29)7-6-13(24)15(30)26-11-5-3-4-10(8-11)19(20,21)22/h3-5,8,13H,2,6-7,24H2,1H3,(H,26,30)(H2,25,27,28)/t13-/m0/s1. The van der Waals surface area contributed by atoms with E-state index in [-0.39, 0.29) is 42.5 Å². The Kier molecular flexibility index (Phi) is 7.92. The Balaban J connectivity index is 1.97. The molecule has 1 aromatic heterocycles. The molecule has 10 nitrogen and oxygen atoms in total. The molecule has 32 heavy (non-hydrogen) atoms. The minimum absolute atomic E-state index is 0.0959. The van der Waals surface area contributed by atoms with Crippen molar-refractivity contribution >= 4 is 23.5 Å². The van der Waals surface area contributed by atoms with Crippen LogP contribution in [0.3, 0.4) is 0 Å². The molecule has 0 aliphatic carbocycles. The fourth-order valence-corrected chi connectivity index (χ4v) is 2.42. The fourth-order valence-electron chi connectivity index (χ4n) is 2.42. The number of esters is 1. The van der Waals surface area contributed by atoms with Crippen molar-refractivity contribution in [2.45, 2.75) is 32.0 Å². The van der Waals surface area contributed by atoms with E-state index < -0.39 is 35.5 Å². The number of nitriles is 1. The van der Waals surface area contributed by atoms with Gasteiger partial charge in [0.15, 0.2) is 5.56 Å². The second-order valence-corrected chi connectivity index (χ2v) is 6.30. The van der Waals surface area contributed by atoms with Gasteiger partial charge in [0.25, 0.3) is 0 Å². The summed E-state index contributed by atoms with van der Waals surface area (Å²) in [5.41, 5.74) is 9.96. The number of rotatable bonds is 8. The Labute approximate surface area is 180 Å². The lowest BCUT2D eigenvalue weighted by Gasteiger charge is -2.14. The number of halogens is 3. The average Bonchev–Trinajstić information content (AvgIpc) is 2.71. The summed E-state index contributed by atoms with van der Waals surface area (Å²) in [4.78, 5) is 31.7. The average molecular weight is 452 g/mol. The van der Waals surface area contributed by atoms with Crippen LogP contribution in [0.25, 0.3) is 0 Å². The molecule has 1 aromatic carbocycles. The van der Waals surface area contributed by atoms with Crippen LogP contribution in [0.15, 0.2) is 24.3 Å². The molecule has 1 heterocycles. The molecule has 170 valence electrons. The van der Waals surface area contributed by atoms with Gasteiger partial charge in [-0.1, -0.05) is 6.07 Å². The van der Waals surface area contributed by atoms with Gasteiger partial charge < -0.3 is 26.3 Å². The lowest BCUT2D eigenvalue weighted by atomic mass is 10.1. The number of benzene rings is 1. The number of nitrogens with zero attached hydrogens (tertiary/aromatic N) is 3. The molecule has 5 N–H and O–H groups in total. The monoisotopic (exact) mass is 452 g/mol. The third-order valence-corrected chi connectivity index (χ3v) is 3.92. The molecule has 0 saturated heterocycles. The lowest BCUT2D eigenvalue weighted by molar-refractivity contribution is -0.138. The molecule has 0 bridgehead atoms. The van der Waals surface area contributed by atoms with Crippen molar-refractivity contribution in [3.8, 4) is 17.8 Å². The highest BCUT2D eigenvalue weighted by atomic mass is 19.4. The van der Waals surface area contributed by atoms with Gasteiger partial charge in [0.2, 0.25) is 23.6 Å². The number of hydrogen-bond acceptors (Lipinski definition) is 9. The number of ether oxygens (including phenoxy) is 2. The number of nitrogens with two attached hydrogens (primary N) is 2. The van der Waals surface area contributed by atoms with Crippen LogP contribution in [0.5, 0.6) is 11.8 Å². The van der Waals surface area contributed by atoms with E-state index in [2.05, 4.69) is 15.3 Å². The van der Waals surface area contributed by atoms with Crippen molar-refractivity contribution < 1.29 is 32.2 Å². The number of nitrogens with one attached hydrogen (secondary N) is 1. The molecule has 1 atom stereocenters. The maximum absolute atomic E-state index is 12.8. The number of amides is 1. The first-order valence-electron chi connectivity index (χ1n) is 9.20. The van der Waals surface area contributed by atoms with Crippen molar-refractivity contribution in [1.29, 1.82) is 5.26 Å². The molecule has 0 radical (unpaired) electrons. The van der Waals surface area contributed by atoms with Crippen molar-refractivity contribution in [3.63, 3.8) is 0 Å². The third-order valence-electron chi connectivity index (χ3n) is 3.92. The van der Waals surface area contributed by atoms with E-state index in [1.54, 1.807) is 13.0 Å². The largest absolute Gasteiger partial charge is 0.477 e. The summed E-state index contributed by atoms with van der Waals surface area (Å²) in [6.07, 6.45) is -5.11. The zero-order chi connectivity index (χ0) is 23.9. The molecule has 0 aliphatic rings. The Morgan fingerprint density at radius 1 is 1.28 bits per heavy atom. The molecule has 0 saturated carbocycles. The van der Waals surface area contributed by atoms with E-state index in [0.29, 0.717) is 0 Å². The number of hydrogen-bond donors (Lipinski definition) is 3. The van der Waals surface area contributed by atoms with E-state index in [1.165, 1.54) is 6.07 Å². The molecule has 13 heteroatoms. The summed E-state index contributed by atoms with van der Waals surface area (Å²) >= 11 is 0. The van der Waals surface area contributed by atoms with Gasteiger partial charge in [0.05, 0.1) is 18.2 Å². The van der Waals surface area contributed by atoms with Gasteiger partial charge in [-0.25, -0.2) is 0 Å². The molecule has 1 amide bonds. The number of carbonyl (C=O) groups excluding carboxylic acids is 2. The summed E-state index contributed by atoms with van der Waals surface area (Å²) in [5.74, 6) is -2.51. The third kappa shape index (κ3) is 6.54. The van der Waals surface area contributed by atoms with Crippen LogP contribution >= 0.6 is 0 Å². The maximum Gasteiger partial charge on any atom is 0.416 e. The highest BCUT2D eigenvalue weighted by Crippen LogP contribution is 2.30.